The van der Waals surface area contributed by atoms with Gasteiger partial charge in [0.1, 0.15) is 0 Å². The number of rotatable bonds is 3. The van der Waals surface area contributed by atoms with Crippen LogP contribution in [0, 0.1) is 0 Å². The van der Waals surface area contributed by atoms with Crippen LogP contribution in [0.3, 0.4) is 0 Å². The van der Waals surface area contributed by atoms with Crippen molar-refractivity contribution in [1.29, 1.82) is 0 Å². The second kappa shape index (κ2) is 5.15. The molecule has 0 aliphatic carbocycles. The molecule has 2 N–H and O–H groups in total. The highest BCUT2D eigenvalue weighted by molar-refractivity contribution is 7.23. The van der Waals surface area contributed by atoms with E-state index in [2.05, 4.69) is 0 Å². The molecule has 4 radical (unpaired) electrons. The van der Waals surface area contributed by atoms with Crippen LogP contribution in [0.1, 0.15) is 0 Å². The lowest BCUT2D eigenvalue weighted by Crippen LogP contribution is -2.08. The van der Waals surface area contributed by atoms with E-state index in [0.29, 0.717) is 6.54 Å². The minimum Gasteiger partial charge on any atom is -0.331 e. The van der Waals surface area contributed by atoms with Gasteiger partial charge in [-0.3, -0.25) is 0 Å². The predicted molar refractivity (Wildman–Crippen MR) is 31.1 cm³/mol. The van der Waals surface area contributed by atoms with Crippen molar-refractivity contribution in [1.82, 2.24) is 0 Å². The van der Waals surface area contributed by atoms with Gasteiger partial charge in [0.05, 0.1) is 7.17 Å². The zero-order chi connectivity index (χ0) is 4.83. The zero-order valence-corrected chi connectivity index (χ0v) is 3.72. The van der Waals surface area contributed by atoms with E-state index in [0.717, 1.165) is 6.32 Å². The molecule has 1 nitrogen and oxygen atoms in total. The summed E-state index contributed by atoms with van der Waals surface area (Å²) < 4.78 is 0. The molecule has 0 aliphatic rings. The van der Waals surface area contributed by atoms with Crippen molar-refractivity contribution in [2.75, 3.05) is 6.54 Å². The van der Waals surface area contributed by atoms with Gasteiger partial charge < -0.3 is 5.73 Å². The molecule has 0 aromatic heterocycles. The minimum absolute atomic E-state index is 0.688. The lowest BCUT2D eigenvalue weighted by molar-refractivity contribution is 1.13. The molecule has 0 spiro atoms. The van der Waals surface area contributed by atoms with Crippen molar-refractivity contribution in [2.24, 2.45) is 5.73 Å². The molecular formula is C2H6B3N. The van der Waals surface area contributed by atoms with E-state index in [4.69, 9.17) is 13.5 Å². The molecule has 6 heavy (non-hydrogen) atoms. The topological polar surface area (TPSA) is 26.0 Å². The number of hydrogen-bond acceptors (Lipinski definition) is 1. The maximum absolute atomic E-state index is 5.11. The molecule has 0 aromatic carbocycles. The highest BCUT2D eigenvalue weighted by Crippen LogP contribution is 1.64. The van der Waals surface area contributed by atoms with Gasteiger partial charge in [0.15, 0.2) is 0 Å². The molecule has 0 atom stereocenters. The van der Waals surface area contributed by atoms with Crippen molar-refractivity contribution in [3.8, 4) is 0 Å². The Labute approximate surface area is 41.5 Å². The molecule has 0 heterocycles. The van der Waals surface area contributed by atoms with Crippen LogP contribution in [-0.4, -0.2) is 28.5 Å². The third kappa shape index (κ3) is 4.15. The highest BCUT2D eigenvalue weighted by atomic mass is 14.5. The fourth-order valence-corrected chi connectivity index (χ4v) is 0.192. The summed E-state index contributed by atoms with van der Waals surface area (Å²) in [6.07, 6.45) is 0.885. The van der Waals surface area contributed by atoms with Crippen LogP contribution >= 0.6 is 0 Å². The molecule has 0 saturated heterocycles. The predicted octanol–water partition coefficient (Wildman–Crippen LogP) is -1.23. The standard InChI is InChI=1S/C2H6B3N/c3-5-4-1-2-6/h1-2,6H2. The maximum Gasteiger partial charge on any atom is 0.0561 e. The monoisotopic (exact) mass is 77.1 g/mol. The van der Waals surface area contributed by atoms with Crippen LogP contribution < -0.4 is 5.73 Å². The van der Waals surface area contributed by atoms with E-state index in [1.807, 2.05) is 7.17 Å². The van der Waals surface area contributed by atoms with E-state index in [-0.39, 0.29) is 0 Å². The van der Waals surface area contributed by atoms with E-state index in [1.165, 1.54) is 7.06 Å². The highest BCUT2D eigenvalue weighted by Gasteiger charge is 1.79. The average molecular weight is 76.5 g/mol. The molecule has 0 saturated carbocycles. The fraction of sp³-hybridized carbons (Fsp3) is 1.00. The van der Waals surface area contributed by atoms with E-state index < -0.39 is 0 Å². The maximum atomic E-state index is 5.11. The van der Waals surface area contributed by atoms with Gasteiger partial charge in [0.2, 0.25) is 0 Å². The molecule has 0 aliphatic heterocycles. The van der Waals surface area contributed by atoms with Gasteiger partial charge in [-0.05, 0) is 6.54 Å². The lowest BCUT2D eigenvalue weighted by Gasteiger charge is -1.83. The summed E-state index contributed by atoms with van der Waals surface area (Å²) in [5, 5.41) is 0. The lowest BCUT2D eigenvalue weighted by atomic mass is 9.27. The third-order valence-corrected chi connectivity index (χ3v) is 0.469. The van der Waals surface area contributed by atoms with Crippen molar-refractivity contribution in [2.45, 2.75) is 6.32 Å². The van der Waals surface area contributed by atoms with Gasteiger partial charge in [-0.25, -0.2) is 0 Å². The summed E-state index contributed by atoms with van der Waals surface area (Å²) in [5.74, 6) is 0. The minimum atomic E-state index is 0.688. The summed E-state index contributed by atoms with van der Waals surface area (Å²) in [6.45, 7) is 0.688. The van der Waals surface area contributed by atoms with E-state index >= 15 is 0 Å². The van der Waals surface area contributed by atoms with Crippen molar-refractivity contribution >= 4 is 22.0 Å². The van der Waals surface area contributed by atoms with Gasteiger partial charge in [-0.15, -0.1) is 0 Å². The van der Waals surface area contributed by atoms with Crippen LogP contribution in [0.25, 0.3) is 0 Å². The summed E-state index contributed by atoms with van der Waals surface area (Å²) in [4.78, 5) is 0. The Morgan fingerprint density at radius 3 is 2.50 bits per heavy atom. The third-order valence-electron chi connectivity index (χ3n) is 0.469. The average Bonchev–Trinajstić information content (AvgIpc) is 1.61. The molecule has 0 rings (SSSR count). The first-order valence-corrected chi connectivity index (χ1v) is 1.98. The normalized spacial score (nSPS) is 7.50. The molecule has 0 fully saturated rings. The van der Waals surface area contributed by atoms with Gasteiger partial charge in [0, 0.05) is 14.8 Å². The molecule has 0 bridgehead atoms. The van der Waals surface area contributed by atoms with Crippen molar-refractivity contribution < 1.29 is 0 Å². The fourth-order valence-electron chi connectivity index (χ4n) is 0.192. The van der Waals surface area contributed by atoms with E-state index in [1.54, 1.807) is 0 Å². The smallest absolute Gasteiger partial charge is 0.0561 e. The van der Waals surface area contributed by atoms with Gasteiger partial charge in [-0.2, -0.15) is 0 Å². The van der Waals surface area contributed by atoms with E-state index in [9.17, 15) is 0 Å². The van der Waals surface area contributed by atoms with Crippen LogP contribution in [-0.2, 0) is 0 Å². The Hall–Kier alpha value is 0.155. The van der Waals surface area contributed by atoms with Crippen LogP contribution in [0.15, 0.2) is 0 Å². The Balaban J connectivity index is 2.34. The summed E-state index contributed by atoms with van der Waals surface area (Å²) in [5.41, 5.74) is 5.11. The number of nitrogens with two attached hydrogens (primary N) is 1. The first kappa shape index (κ1) is 6.15. The van der Waals surface area contributed by atoms with Crippen molar-refractivity contribution in [3.63, 3.8) is 0 Å². The molecular weight excluding hydrogens is 70.5 g/mol. The zero-order valence-electron chi connectivity index (χ0n) is 3.72. The Morgan fingerprint density at radius 2 is 2.33 bits per heavy atom. The van der Waals surface area contributed by atoms with Crippen molar-refractivity contribution in [3.05, 3.63) is 0 Å². The summed E-state index contributed by atoms with van der Waals surface area (Å²) in [6, 6.07) is 0. The van der Waals surface area contributed by atoms with Crippen LogP contribution in [0.2, 0.25) is 6.32 Å². The second-order valence-corrected chi connectivity index (χ2v) is 1.01. The Bertz CT molecular complexity index is 20.8. The van der Waals surface area contributed by atoms with Crippen LogP contribution in [0.5, 0.6) is 0 Å². The second-order valence-electron chi connectivity index (χ2n) is 1.01. The van der Waals surface area contributed by atoms with Gasteiger partial charge in [-0.1, -0.05) is 6.32 Å². The molecule has 0 unspecified atom stereocenters. The quantitative estimate of drug-likeness (QED) is 0.331. The molecule has 4 heteroatoms. The summed E-state index contributed by atoms with van der Waals surface area (Å²) >= 11 is 0. The number of hydrogen-bond donors (Lipinski definition) is 1. The SMILES string of the molecule is [B][B][B]CCN. The largest absolute Gasteiger partial charge is 0.331 e. The van der Waals surface area contributed by atoms with Crippen LogP contribution in [0.4, 0.5) is 0 Å². The first-order valence-electron chi connectivity index (χ1n) is 1.98. The molecule has 28 valence electrons. The van der Waals surface area contributed by atoms with Gasteiger partial charge >= 0.3 is 0 Å². The Kier molecular flexibility index (Phi) is 5.29. The van der Waals surface area contributed by atoms with Gasteiger partial charge in [0.25, 0.3) is 0 Å². The summed E-state index contributed by atoms with van der Waals surface area (Å²) in [7, 11) is 8.32. The first-order chi connectivity index (χ1) is 2.91. The molecule has 0 amide bonds. The molecule has 0 aromatic rings. The Morgan fingerprint density at radius 1 is 1.67 bits per heavy atom.